The third-order valence-electron chi connectivity index (χ3n) is 9.38. The SMILES string of the molecule is CC(=O)c1ccn(C(=O)N2CCC3(CCCN3Cc3ccc(C)cc3N3CCN4CCC[C@@H]4C3)CC2)n1. The largest absolute Gasteiger partial charge is 0.368 e. The molecule has 0 radical (unpaired) electrons. The number of rotatable bonds is 4. The van der Waals surface area contributed by atoms with Gasteiger partial charge in [-0.2, -0.15) is 9.78 Å². The Labute approximate surface area is 220 Å². The smallest absolute Gasteiger partial charge is 0.344 e. The van der Waals surface area contributed by atoms with Gasteiger partial charge in [0.25, 0.3) is 0 Å². The summed E-state index contributed by atoms with van der Waals surface area (Å²) < 4.78 is 1.32. The highest BCUT2D eigenvalue weighted by Gasteiger charge is 2.44. The third-order valence-corrected chi connectivity index (χ3v) is 9.38. The first kappa shape index (κ1) is 24.6. The summed E-state index contributed by atoms with van der Waals surface area (Å²) in [5, 5.41) is 4.18. The van der Waals surface area contributed by atoms with Gasteiger partial charge in [0.15, 0.2) is 5.78 Å². The first-order chi connectivity index (χ1) is 17.9. The number of aryl methyl sites for hydroxylation is 1. The molecule has 4 saturated heterocycles. The summed E-state index contributed by atoms with van der Waals surface area (Å²) in [5.41, 5.74) is 4.72. The van der Waals surface area contributed by atoms with E-state index in [1.807, 2.05) is 4.90 Å². The molecule has 2 aromatic rings. The Morgan fingerprint density at radius 2 is 1.84 bits per heavy atom. The Balaban J connectivity index is 1.15. The lowest BCUT2D eigenvalue weighted by atomic mass is 9.84. The number of hydrogen-bond donors (Lipinski definition) is 0. The summed E-state index contributed by atoms with van der Waals surface area (Å²) in [6.45, 7) is 12.0. The molecule has 8 nitrogen and oxygen atoms in total. The average Bonchev–Trinajstić information content (AvgIpc) is 3.65. The number of ketones is 1. The Hall–Kier alpha value is -2.71. The minimum Gasteiger partial charge on any atom is -0.368 e. The normalized spacial score (nSPS) is 24.1. The van der Waals surface area contributed by atoms with Crippen LogP contribution in [-0.2, 0) is 6.54 Å². The molecule has 37 heavy (non-hydrogen) atoms. The van der Waals surface area contributed by atoms with E-state index < -0.39 is 0 Å². The van der Waals surface area contributed by atoms with Gasteiger partial charge in [0.2, 0.25) is 0 Å². The second-order valence-electron chi connectivity index (χ2n) is 11.6. The second kappa shape index (κ2) is 9.87. The maximum absolute atomic E-state index is 13.0. The molecule has 198 valence electrons. The fourth-order valence-corrected chi connectivity index (χ4v) is 7.20. The number of amides is 1. The highest BCUT2D eigenvalue weighted by Crippen LogP contribution is 2.41. The molecule has 1 aromatic heterocycles. The third kappa shape index (κ3) is 4.70. The van der Waals surface area contributed by atoms with Crippen molar-refractivity contribution in [3.63, 3.8) is 0 Å². The van der Waals surface area contributed by atoms with Gasteiger partial charge < -0.3 is 9.80 Å². The molecule has 0 bridgehead atoms. The van der Waals surface area contributed by atoms with Crippen molar-refractivity contribution >= 4 is 17.5 Å². The predicted octanol–water partition coefficient (Wildman–Crippen LogP) is 3.78. The number of piperidine rings is 1. The van der Waals surface area contributed by atoms with E-state index in [1.54, 1.807) is 12.3 Å². The highest BCUT2D eigenvalue weighted by molar-refractivity contribution is 5.92. The number of carbonyl (C=O) groups excluding carboxylic acids is 2. The predicted molar refractivity (Wildman–Crippen MR) is 144 cm³/mol. The Morgan fingerprint density at radius 1 is 1.00 bits per heavy atom. The number of hydrogen-bond acceptors (Lipinski definition) is 6. The van der Waals surface area contributed by atoms with Crippen LogP contribution >= 0.6 is 0 Å². The molecule has 0 saturated carbocycles. The van der Waals surface area contributed by atoms with Crippen molar-refractivity contribution in [2.24, 2.45) is 0 Å². The first-order valence-corrected chi connectivity index (χ1v) is 14.1. The number of aromatic nitrogens is 2. The Kier molecular flexibility index (Phi) is 6.57. The van der Waals surface area contributed by atoms with Crippen LogP contribution in [0.15, 0.2) is 30.5 Å². The van der Waals surface area contributed by atoms with Crippen LogP contribution in [0.5, 0.6) is 0 Å². The van der Waals surface area contributed by atoms with E-state index in [-0.39, 0.29) is 17.4 Å². The lowest BCUT2D eigenvalue weighted by Gasteiger charge is -2.45. The van der Waals surface area contributed by atoms with Crippen molar-refractivity contribution < 1.29 is 9.59 Å². The maximum atomic E-state index is 13.0. The number of anilines is 1. The molecule has 4 aliphatic heterocycles. The molecule has 8 heteroatoms. The summed E-state index contributed by atoms with van der Waals surface area (Å²) in [6, 6.07) is 9.25. The van der Waals surface area contributed by atoms with E-state index in [0.717, 1.165) is 52.1 Å². The molecule has 1 amide bonds. The van der Waals surface area contributed by atoms with Crippen LogP contribution in [0.25, 0.3) is 0 Å². The molecule has 4 aliphatic rings. The highest BCUT2D eigenvalue weighted by atomic mass is 16.2. The van der Waals surface area contributed by atoms with Gasteiger partial charge in [-0.25, -0.2) is 4.79 Å². The Morgan fingerprint density at radius 3 is 2.62 bits per heavy atom. The molecule has 1 atom stereocenters. The summed E-state index contributed by atoms with van der Waals surface area (Å²) >= 11 is 0. The van der Waals surface area contributed by atoms with Crippen molar-refractivity contribution in [1.29, 1.82) is 0 Å². The van der Waals surface area contributed by atoms with Gasteiger partial charge >= 0.3 is 6.03 Å². The van der Waals surface area contributed by atoms with Gasteiger partial charge in [0.05, 0.1) is 0 Å². The molecule has 0 N–H and O–H groups in total. The molecule has 1 spiro atoms. The van der Waals surface area contributed by atoms with E-state index in [9.17, 15) is 9.59 Å². The van der Waals surface area contributed by atoms with Gasteiger partial charge in [0.1, 0.15) is 5.69 Å². The van der Waals surface area contributed by atoms with Crippen molar-refractivity contribution in [3.05, 3.63) is 47.3 Å². The van der Waals surface area contributed by atoms with Gasteiger partial charge in [-0.15, -0.1) is 0 Å². The number of Topliss-reactive ketones (excluding diaryl/α,β-unsaturated/α-hetero) is 1. The van der Waals surface area contributed by atoms with E-state index in [4.69, 9.17) is 0 Å². The lowest BCUT2D eigenvalue weighted by Crippen LogP contribution is -2.54. The summed E-state index contributed by atoms with van der Waals surface area (Å²) in [5.74, 6) is -0.119. The van der Waals surface area contributed by atoms with Gasteiger partial charge in [0, 0.05) is 69.7 Å². The summed E-state index contributed by atoms with van der Waals surface area (Å²) in [7, 11) is 0. The summed E-state index contributed by atoms with van der Waals surface area (Å²) in [6.07, 6.45) is 8.67. The molecular weight excluding hydrogens is 464 g/mol. The van der Waals surface area contributed by atoms with E-state index in [1.165, 1.54) is 67.2 Å². The quantitative estimate of drug-likeness (QED) is 0.591. The van der Waals surface area contributed by atoms with Crippen LogP contribution in [0.4, 0.5) is 10.5 Å². The van der Waals surface area contributed by atoms with Crippen LogP contribution in [-0.4, -0.2) is 93.7 Å². The lowest BCUT2D eigenvalue weighted by molar-refractivity contribution is 0.0585. The van der Waals surface area contributed by atoms with Crippen LogP contribution in [0.1, 0.15) is 67.1 Å². The van der Waals surface area contributed by atoms with E-state index in [0.29, 0.717) is 11.7 Å². The second-order valence-corrected chi connectivity index (χ2v) is 11.6. The van der Waals surface area contributed by atoms with Crippen molar-refractivity contribution in [2.45, 2.75) is 70.5 Å². The van der Waals surface area contributed by atoms with Crippen LogP contribution in [0, 0.1) is 6.92 Å². The standard InChI is InChI=1S/C29H40N6O2/c1-22-6-7-24(27(19-22)33-18-17-31-12-3-5-25(31)21-33)20-34-13-4-9-29(34)10-15-32(16-11-29)28(37)35-14-8-26(30-35)23(2)36/h6-8,14,19,25H,3-5,9-13,15-18,20-21H2,1-2H3/t25-/m1/s1. The first-order valence-electron chi connectivity index (χ1n) is 14.1. The van der Waals surface area contributed by atoms with Crippen LogP contribution in [0.2, 0.25) is 0 Å². The molecule has 1 aromatic carbocycles. The fourth-order valence-electron chi connectivity index (χ4n) is 7.20. The molecule has 6 rings (SSSR count). The van der Waals surface area contributed by atoms with Crippen LogP contribution < -0.4 is 4.90 Å². The van der Waals surface area contributed by atoms with E-state index >= 15 is 0 Å². The van der Waals surface area contributed by atoms with Gasteiger partial charge in [-0.3, -0.25) is 14.6 Å². The minimum atomic E-state index is -0.126. The maximum Gasteiger partial charge on any atom is 0.344 e. The van der Waals surface area contributed by atoms with E-state index in [2.05, 4.69) is 44.9 Å². The summed E-state index contributed by atoms with van der Waals surface area (Å²) in [4.78, 5) is 34.6. The number of carbonyl (C=O) groups is 2. The molecule has 5 heterocycles. The minimum absolute atomic E-state index is 0.119. The molecule has 0 unspecified atom stereocenters. The number of likely N-dealkylation sites (tertiary alicyclic amines) is 2. The van der Waals surface area contributed by atoms with Gasteiger partial charge in [-0.05, 0) is 81.8 Å². The van der Waals surface area contributed by atoms with Crippen LogP contribution in [0.3, 0.4) is 0 Å². The van der Waals surface area contributed by atoms with Crippen molar-refractivity contribution in [3.8, 4) is 0 Å². The topological polar surface area (TPSA) is 64.9 Å². The number of piperazine rings is 1. The van der Waals surface area contributed by atoms with Crippen molar-refractivity contribution in [2.75, 3.05) is 50.7 Å². The van der Waals surface area contributed by atoms with Crippen molar-refractivity contribution in [1.82, 2.24) is 24.5 Å². The number of nitrogens with zero attached hydrogens (tertiary/aromatic N) is 6. The number of fused-ring (bicyclic) bond motifs is 1. The molecule has 4 fully saturated rings. The average molecular weight is 505 g/mol. The number of benzene rings is 1. The Bertz CT molecular complexity index is 1170. The zero-order valence-electron chi connectivity index (χ0n) is 22.4. The molecule has 0 aliphatic carbocycles. The fraction of sp³-hybridized carbons (Fsp3) is 0.621. The zero-order chi connectivity index (χ0) is 25.6. The zero-order valence-corrected chi connectivity index (χ0v) is 22.4. The monoisotopic (exact) mass is 504 g/mol. The van der Waals surface area contributed by atoms with Gasteiger partial charge in [-0.1, -0.05) is 12.1 Å². The molecular formula is C29H40N6O2.